The van der Waals surface area contributed by atoms with Gasteiger partial charge in [-0.1, -0.05) is 13.8 Å². The second-order valence-electron chi connectivity index (χ2n) is 6.91. The van der Waals surface area contributed by atoms with Gasteiger partial charge in [0.2, 0.25) is 5.91 Å². The summed E-state index contributed by atoms with van der Waals surface area (Å²) in [6, 6.07) is -0.288. The van der Waals surface area contributed by atoms with Gasteiger partial charge in [0, 0.05) is 38.1 Å². The zero-order chi connectivity index (χ0) is 17.9. The summed E-state index contributed by atoms with van der Waals surface area (Å²) in [6.45, 7) is 5.16. The van der Waals surface area contributed by atoms with E-state index in [-0.39, 0.29) is 31.0 Å². The first-order chi connectivity index (χ1) is 11.2. The second-order valence-corrected chi connectivity index (χ2v) is 8.61. The molecule has 1 amide bonds. The lowest BCUT2D eigenvalue weighted by atomic mass is 9.99. The summed E-state index contributed by atoms with van der Waals surface area (Å²) in [5.74, 6) is -1.39. The molecule has 138 valence electrons. The van der Waals surface area contributed by atoms with Crippen molar-refractivity contribution in [2.75, 3.05) is 26.2 Å². The highest BCUT2D eigenvalue weighted by Gasteiger charge is 2.34. The number of nitrogens with zero attached hydrogens (tertiary/aromatic N) is 2. The lowest BCUT2D eigenvalue weighted by molar-refractivity contribution is -0.143. The maximum atomic E-state index is 12.5. The van der Waals surface area contributed by atoms with Crippen molar-refractivity contribution in [1.29, 1.82) is 0 Å². The van der Waals surface area contributed by atoms with Crippen molar-refractivity contribution >= 4 is 22.1 Å². The number of carbonyl (C=O) groups is 2. The maximum absolute atomic E-state index is 12.5. The van der Waals surface area contributed by atoms with Crippen molar-refractivity contribution in [3.8, 4) is 0 Å². The molecular weight excluding hydrogens is 334 g/mol. The number of likely N-dealkylation sites (tertiary alicyclic amines) is 1. The molecule has 0 bridgehead atoms. The molecule has 0 spiro atoms. The van der Waals surface area contributed by atoms with Gasteiger partial charge in [0.1, 0.15) is 0 Å². The van der Waals surface area contributed by atoms with Gasteiger partial charge < -0.3 is 10.0 Å². The summed E-state index contributed by atoms with van der Waals surface area (Å²) < 4.78 is 29.0. The molecule has 0 aliphatic carbocycles. The van der Waals surface area contributed by atoms with E-state index in [4.69, 9.17) is 5.11 Å². The fourth-order valence-corrected chi connectivity index (χ4v) is 4.72. The molecule has 2 heterocycles. The van der Waals surface area contributed by atoms with E-state index in [1.807, 2.05) is 13.8 Å². The molecule has 2 rings (SSSR count). The Labute approximate surface area is 143 Å². The van der Waals surface area contributed by atoms with Crippen LogP contribution in [0.4, 0.5) is 0 Å². The van der Waals surface area contributed by atoms with Crippen LogP contribution in [-0.2, 0) is 19.8 Å². The number of carboxylic acid groups (broad SMARTS) is 1. The topological polar surface area (TPSA) is 107 Å². The minimum atomic E-state index is -3.65. The predicted molar refractivity (Wildman–Crippen MR) is 88.4 cm³/mol. The van der Waals surface area contributed by atoms with Crippen LogP contribution in [0.25, 0.3) is 0 Å². The van der Waals surface area contributed by atoms with Gasteiger partial charge in [-0.2, -0.15) is 17.4 Å². The van der Waals surface area contributed by atoms with Crippen LogP contribution in [-0.4, -0.2) is 66.8 Å². The van der Waals surface area contributed by atoms with Gasteiger partial charge in [0.25, 0.3) is 10.2 Å². The monoisotopic (exact) mass is 361 g/mol. The van der Waals surface area contributed by atoms with Crippen molar-refractivity contribution in [1.82, 2.24) is 13.9 Å². The van der Waals surface area contributed by atoms with E-state index in [2.05, 4.69) is 4.72 Å². The number of aliphatic carboxylic acids is 1. The molecule has 1 atom stereocenters. The minimum absolute atomic E-state index is 0.0428. The summed E-state index contributed by atoms with van der Waals surface area (Å²) >= 11 is 0. The number of carbonyl (C=O) groups excluding carboxylic acids is 1. The Hall–Kier alpha value is -1.19. The van der Waals surface area contributed by atoms with Crippen LogP contribution in [0.15, 0.2) is 0 Å². The van der Waals surface area contributed by atoms with Crippen molar-refractivity contribution in [2.45, 2.75) is 45.6 Å². The van der Waals surface area contributed by atoms with Gasteiger partial charge in [-0.3, -0.25) is 9.59 Å². The highest BCUT2D eigenvalue weighted by Crippen LogP contribution is 2.20. The molecule has 0 radical (unpaired) electrons. The molecule has 24 heavy (non-hydrogen) atoms. The highest BCUT2D eigenvalue weighted by atomic mass is 32.2. The smallest absolute Gasteiger partial charge is 0.306 e. The lowest BCUT2D eigenvalue weighted by Gasteiger charge is -2.36. The van der Waals surface area contributed by atoms with Crippen LogP contribution in [0.3, 0.4) is 0 Å². The molecule has 0 aromatic carbocycles. The molecule has 2 N–H and O–H groups in total. The normalized spacial score (nSPS) is 24.3. The number of amides is 1. The second kappa shape index (κ2) is 7.79. The molecule has 0 aromatic heterocycles. The SMILES string of the molecule is CC(C)C(=O)N1CCCC(NS(=O)(=O)N2CCC(C(=O)O)CC2)C1. The van der Waals surface area contributed by atoms with Crippen molar-refractivity contribution in [2.24, 2.45) is 11.8 Å². The summed E-state index contributed by atoms with van der Waals surface area (Å²) in [7, 11) is -3.65. The third-order valence-corrected chi connectivity index (χ3v) is 6.36. The van der Waals surface area contributed by atoms with Crippen LogP contribution in [0.2, 0.25) is 0 Å². The molecule has 2 aliphatic rings. The highest BCUT2D eigenvalue weighted by molar-refractivity contribution is 7.87. The van der Waals surface area contributed by atoms with Crippen molar-refractivity contribution < 1.29 is 23.1 Å². The van der Waals surface area contributed by atoms with Gasteiger partial charge in [-0.05, 0) is 25.7 Å². The number of hydrogen-bond acceptors (Lipinski definition) is 4. The van der Waals surface area contributed by atoms with Crippen LogP contribution in [0.5, 0.6) is 0 Å². The van der Waals surface area contributed by atoms with Gasteiger partial charge in [0.05, 0.1) is 5.92 Å². The van der Waals surface area contributed by atoms with E-state index in [0.717, 1.165) is 6.42 Å². The zero-order valence-corrected chi connectivity index (χ0v) is 15.1. The third kappa shape index (κ3) is 4.67. The van der Waals surface area contributed by atoms with Crippen LogP contribution < -0.4 is 4.72 Å². The van der Waals surface area contributed by atoms with Gasteiger partial charge >= 0.3 is 5.97 Å². The molecule has 0 aromatic rings. The fourth-order valence-electron chi connectivity index (χ4n) is 3.27. The first-order valence-electron chi connectivity index (χ1n) is 8.49. The Morgan fingerprint density at radius 2 is 1.75 bits per heavy atom. The summed E-state index contributed by atoms with van der Waals surface area (Å²) in [4.78, 5) is 24.8. The Balaban J connectivity index is 1.92. The van der Waals surface area contributed by atoms with E-state index in [9.17, 15) is 18.0 Å². The van der Waals surface area contributed by atoms with Gasteiger partial charge in [-0.25, -0.2) is 0 Å². The average Bonchev–Trinajstić information content (AvgIpc) is 2.54. The summed E-state index contributed by atoms with van der Waals surface area (Å²) in [5.41, 5.74) is 0. The first-order valence-corrected chi connectivity index (χ1v) is 9.93. The standard InChI is InChI=1S/C15H27N3O5S/c1-11(2)14(19)17-7-3-4-13(10-17)16-24(22,23)18-8-5-12(6-9-18)15(20)21/h11-13,16H,3-10H2,1-2H3,(H,20,21). The minimum Gasteiger partial charge on any atom is -0.481 e. The number of carboxylic acids is 1. The van der Waals surface area contributed by atoms with E-state index >= 15 is 0 Å². The maximum Gasteiger partial charge on any atom is 0.306 e. The molecule has 1 unspecified atom stereocenters. The fraction of sp³-hybridized carbons (Fsp3) is 0.867. The quantitative estimate of drug-likeness (QED) is 0.731. The number of piperidine rings is 2. The van der Waals surface area contributed by atoms with Crippen molar-refractivity contribution in [3.05, 3.63) is 0 Å². The van der Waals surface area contributed by atoms with Crippen LogP contribution in [0.1, 0.15) is 39.5 Å². The van der Waals surface area contributed by atoms with Gasteiger partial charge in [0.15, 0.2) is 0 Å². The number of hydrogen-bond donors (Lipinski definition) is 2. The number of nitrogens with one attached hydrogen (secondary N) is 1. The van der Waals surface area contributed by atoms with Crippen LogP contribution in [0, 0.1) is 11.8 Å². The predicted octanol–water partition coefficient (Wildman–Crippen LogP) is 0.264. The van der Waals surface area contributed by atoms with Crippen molar-refractivity contribution in [3.63, 3.8) is 0 Å². The molecule has 8 nitrogen and oxygen atoms in total. The summed E-state index contributed by atoms with van der Waals surface area (Å²) in [5, 5.41) is 8.99. The third-order valence-electron chi connectivity index (χ3n) is 4.69. The molecule has 2 fully saturated rings. The first kappa shape index (κ1) is 19.1. The van der Waals surface area contributed by atoms with E-state index in [1.165, 1.54) is 4.31 Å². The zero-order valence-electron chi connectivity index (χ0n) is 14.3. The Kier molecular flexibility index (Phi) is 6.22. The molecule has 0 saturated carbocycles. The molecule has 2 aliphatic heterocycles. The Morgan fingerprint density at radius 1 is 1.12 bits per heavy atom. The number of rotatable bonds is 5. The summed E-state index contributed by atoms with van der Waals surface area (Å²) in [6.07, 6.45) is 2.14. The molecule has 9 heteroatoms. The van der Waals surface area contributed by atoms with E-state index < -0.39 is 22.1 Å². The van der Waals surface area contributed by atoms with Crippen LogP contribution >= 0.6 is 0 Å². The average molecular weight is 361 g/mol. The Morgan fingerprint density at radius 3 is 2.29 bits per heavy atom. The molecular formula is C15H27N3O5S. The van der Waals surface area contributed by atoms with E-state index in [0.29, 0.717) is 32.4 Å². The molecule has 2 saturated heterocycles. The van der Waals surface area contributed by atoms with Gasteiger partial charge in [-0.15, -0.1) is 0 Å². The Bertz CT molecular complexity index is 570. The largest absolute Gasteiger partial charge is 0.481 e. The van der Waals surface area contributed by atoms with E-state index in [1.54, 1.807) is 4.90 Å². The lowest BCUT2D eigenvalue weighted by Crippen LogP contribution is -2.54.